The molecule has 0 aliphatic carbocycles. The number of carbonyl (C=O) groups excluding carboxylic acids is 2. The minimum Gasteiger partial charge on any atom is -0.358 e. The first kappa shape index (κ1) is 23.7. The lowest BCUT2D eigenvalue weighted by atomic mass is 10.0. The van der Waals surface area contributed by atoms with Gasteiger partial charge >= 0.3 is 0 Å². The standard InChI is InChI=1S/C21H16BrClN2O2.C3H6N4/c22-13-4-6-15-17(11-13)25-21(20(15)19(27)3-1-2-8-26)18-10-12-9-14(23)5-7-16(12)24-18;1-4-3-5-2-6-7-3/h4-11,24-25H,1-3H2;2H,1H3,(H2,4,5,6,7). The van der Waals surface area contributed by atoms with E-state index in [0.29, 0.717) is 35.8 Å². The summed E-state index contributed by atoms with van der Waals surface area (Å²) in [5, 5.41) is 11.5. The third-order valence-corrected chi connectivity index (χ3v) is 6.00. The van der Waals surface area contributed by atoms with Crippen molar-refractivity contribution >= 4 is 67.4 Å². The van der Waals surface area contributed by atoms with Gasteiger partial charge in [-0.05, 0) is 42.8 Å². The molecule has 10 heteroatoms. The normalized spacial score (nSPS) is 10.8. The summed E-state index contributed by atoms with van der Waals surface area (Å²) in [7, 11) is 1.78. The van der Waals surface area contributed by atoms with Gasteiger partial charge in [0.05, 0.1) is 17.0 Å². The molecule has 34 heavy (non-hydrogen) atoms. The van der Waals surface area contributed by atoms with E-state index in [1.165, 1.54) is 6.33 Å². The van der Waals surface area contributed by atoms with Crippen molar-refractivity contribution < 1.29 is 9.59 Å². The van der Waals surface area contributed by atoms with Crippen LogP contribution in [0.4, 0.5) is 5.95 Å². The lowest BCUT2D eigenvalue weighted by Crippen LogP contribution is -2.01. The van der Waals surface area contributed by atoms with Gasteiger partial charge in [-0.25, -0.2) is 10.1 Å². The maximum Gasteiger partial charge on any atom is 0.218 e. The first-order valence-corrected chi connectivity index (χ1v) is 11.8. The highest BCUT2D eigenvalue weighted by molar-refractivity contribution is 9.10. The molecule has 174 valence electrons. The van der Waals surface area contributed by atoms with Gasteiger partial charge in [-0.3, -0.25) is 4.79 Å². The monoisotopic (exact) mass is 540 g/mol. The van der Waals surface area contributed by atoms with Gasteiger partial charge in [0, 0.05) is 51.2 Å². The Labute approximate surface area is 208 Å². The van der Waals surface area contributed by atoms with Gasteiger partial charge in [-0.15, -0.1) is 0 Å². The number of rotatable bonds is 7. The zero-order valence-electron chi connectivity index (χ0n) is 18.3. The molecule has 4 N–H and O–H groups in total. The van der Waals surface area contributed by atoms with Crippen molar-refractivity contribution in [1.29, 1.82) is 0 Å². The second kappa shape index (κ2) is 10.7. The van der Waals surface area contributed by atoms with E-state index in [1.54, 1.807) is 7.05 Å². The Hall–Kier alpha value is -3.43. The second-order valence-corrected chi connectivity index (χ2v) is 8.90. The minimum absolute atomic E-state index is 0.0251. The number of nitrogens with zero attached hydrogens (tertiary/aromatic N) is 2. The zero-order chi connectivity index (χ0) is 24.1. The summed E-state index contributed by atoms with van der Waals surface area (Å²) in [5.74, 6) is 0.720. The van der Waals surface area contributed by atoms with Gasteiger partial charge in [0.25, 0.3) is 0 Å². The summed E-state index contributed by atoms with van der Waals surface area (Å²) in [6, 6.07) is 13.5. The van der Waals surface area contributed by atoms with E-state index >= 15 is 0 Å². The molecule has 0 spiro atoms. The Morgan fingerprint density at radius 3 is 2.71 bits per heavy atom. The van der Waals surface area contributed by atoms with E-state index < -0.39 is 0 Å². The molecule has 0 aliphatic rings. The predicted octanol–water partition coefficient (Wildman–Crippen LogP) is 6.13. The maximum atomic E-state index is 13.0. The van der Waals surface area contributed by atoms with Crippen molar-refractivity contribution in [3.63, 3.8) is 0 Å². The van der Waals surface area contributed by atoms with Crippen LogP contribution in [0, 0.1) is 0 Å². The Kier molecular flexibility index (Phi) is 7.44. The molecule has 0 aliphatic heterocycles. The molecule has 3 heterocycles. The van der Waals surface area contributed by atoms with Crippen LogP contribution in [0.15, 0.2) is 53.3 Å². The van der Waals surface area contributed by atoms with Gasteiger partial charge < -0.3 is 20.1 Å². The van der Waals surface area contributed by atoms with Crippen LogP contribution in [0.25, 0.3) is 33.2 Å². The molecule has 0 bridgehead atoms. The highest BCUT2D eigenvalue weighted by Crippen LogP contribution is 2.34. The van der Waals surface area contributed by atoms with Crippen LogP contribution in [0.2, 0.25) is 5.02 Å². The average Bonchev–Trinajstić information content (AvgIpc) is 3.56. The summed E-state index contributed by atoms with van der Waals surface area (Å²) in [4.78, 5) is 34.1. The summed E-state index contributed by atoms with van der Waals surface area (Å²) in [5.41, 5.74) is 4.08. The molecule has 0 fully saturated rings. The summed E-state index contributed by atoms with van der Waals surface area (Å²) in [6.45, 7) is 0. The van der Waals surface area contributed by atoms with Crippen LogP contribution in [0.5, 0.6) is 0 Å². The number of hydrogen-bond acceptors (Lipinski definition) is 5. The predicted molar refractivity (Wildman–Crippen MR) is 138 cm³/mol. The van der Waals surface area contributed by atoms with Gasteiger partial charge in [-0.1, -0.05) is 33.6 Å². The molecule has 0 amide bonds. The summed E-state index contributed by atoms with van der Waals surface area (Å²) >= 11 is 9.58. The molecule has 0 saturated carbocycles. The number of aromatic nitrogens is 5. The number of aldehydes is 1. The van der Waals surface area contributed by atoms with Crippen molar-refractivity contribution in [2.24, 2.45) is 0 Å². The number of halogens is 2. The number of H-pyrrole nitrogens is 3. The first-order chi connectivity index (χ1) is 16.5. The second-order valence-electron chi connectivity index (χ2n) is 7.55. The van der Waals surface area contributed by atoms with Crippen molar-refractivity contribution in [2.45, 2.75) is 19.3 Å². The van der Waals surface area contributed by atoms with Crippen LogP contribution in [0.3, 0.4) is 0 Å². The summed E-state index contributed by atoms with van der Waals surface area (Å²) < 4.78 is 0.936. The van der Waals surface area contributed by atoms with E-state index in [4.69, 9.17) is 11.6 Å². The maximum absolute atomic E-state index is 13.0. The summed E-state index contributed by atoms with van der Waals surface area (Å²) in [6.07, 6.45) is 3.57. The topological polar surface area (TPSA) is 119 Å². The van der Waals surface area contributed by atoms with Gasteiger partial charge in [0.2, 0.25) is 5.95 Å². The Balaban J connectivity index is 0.000000336. The smallest absolute Gasteiger partial charge is 0.218 e. The number of fused-ring (bicyclic) bond motifs is 2. The molecular formula is C24H22BrClN6O2. The van der Waals surface area contributed by atoms with Crippen LogP contribution < -0.4 is 5.32 Å². The van der Waals surface area contributed by atoms with Crippen LogP contribution in [-0.2, 0) is 4.79 Å². The molecule has 8 nitrogen and oxygen atoms in total. The van der Waals surface area contributed by atoms with Gasteiger partial charge in [0.15, 0.2) is 5.78 Å². The minimum atomic E-state index is 0.0251. The fourth-order valence-corrected chi connectivity index (χ4v) is 4.24. The van der Waals surface area contributed by atoms with E-state index in [1.807, 2.05) is 42.5 Å². The number of nitrogens with one attached hydrogen (secondary N) is 4. The molecule has 2 aromatic carbocycles. The lowest BCUT2D eigenvalue weighted by Gasteiger charge is -2.02. The molecule has 0 atom stereocenters. The molecule has 0 unspecified atom stereocenters. The molecule has 5 aromatic rings. The fraction of sp³-hybridized carbons (Fsp3) is 0.167. The van der Waals surface area contributed by atoms with Crippen molar-refractivity contribution in [2.75, 3.05) is 12.4 Å². The number of benzene rings is 2. The van der Waals surface area contributed by atoms with Crippen LogP contribution in [-0.4, -0.2) is 44.3 Å². The quantitative estimate of drug-likeness (QED) is 0.112. The Morgan fingerprint density at radius 2 is 2.00 bits per heavy atom. The van der Waals surface area contributed by atoms with E-state index in [0.717, 1.165) is 44.0 Å². The van der Waals surface area contributed by atoms with E-state index in [2.05, 4.69) is 46.4 Å². The van der Waals surface area contributed by atoms with Crippen molar-refractivity contribution in [3.05, 3.63) is 63.9 Å². The SMILES string of the molecule is CNc1ncn[nH]1.O=CCCCC(=O)c1c(-c2cc3cc(Cl)ccc3[nH]2)[nH]c2cc(Br)ccc12. The fourth-order valence-electron chi connectivity index (χ4n) is 3.70. The zero-order valence-corrected chi connectivity index (χ0v) is 20.6. The number of unbranched alkanes of at least 4 members (excludes halogenated alkanes) is 1. The Bertz CT molecular complexity index is 1440. The number of hydrogen-bond donors (Lipinski definition) is 4. The van der Waals surface area contributed by atoms with Crippen molar-refractivity contribution in [3.8, 4) is 11.4 Å². The van der Waals surface area contributed by atoms with E-state index in [-0.39, 0.29) is 5.78 Å². The van der Waals surface area contributed by atoms with E-state index in [9.17, 15) is 9.59 Å². The largest absolute Gasteiger partial charge is 0.358 e. The van der Waals surface area contributed by atoms with Crippen LogP contribution in [0.1, 0.15) is 29.6 Å². The average molecular weight is 542 g/mol. The number of anilines is 1. The van der Waals surface area contributed by atoms with Crippen molar-refractivity contribution in [1.82, 2.24) is 25.1 Å². The molecule has 0 saturated heterocycles. The molecule has 3 aromatic heterocycles. The third kappa shape index (κ3) is 5.21. The van der Waals surface area contributed by atoms with Gasteiger partial charge in [-0.2, -0.15) is 5.10 Å². The molecule has 5 rings (SSSR count). The number of carbonyl (C=O) groups is 2. The molecule has 0 radical (unpaired) electrons. The van der Waals surface area contributed by atoms with Crippen LogP contribution >= 0.6 is 27.5 Å². The Morgan fingerprint density at radius 1 is 1.15 bits per heavy atom. The molecular weight excluding hydrogens is 520 g/mol. The highest BCUT2D eigenvalue weighted by Gasteiger charge is 2.20. The van der Waals surface area contributed by atoms with Gasteiger partial charge in [0.1, 0.15) is 12.6 Å². The first-order valence-electron chi connectivity index (χ1n) is 10.6. The number of ketones is 1. The highest BCUT2D eigenvalue weighted by atomic mass is 79.9. The number of aromatic amines is 3. The lowest BCUT2D eigenvalue weighted by molar-refractivity contribution is -0.107. The third-order valence-electron chi connectivity index (χ3n) is 5.27. The number of Topliss-reactive ketones (excluding diaryl/α,β-unsaturated/α-hetero) is 1.